The number of nitrogens with zero attached hydrogens (tertiary/aromatic N) is 4. The lowest BCUT2D eigenvalue weighted by Crippen LogP contribution is -2.31. The van der Waals surface area contributed by atoms with Gasteiger partial charge < -0.3 is 19.1 Å². The van der Waals surface area contributed by atoms with Gasteiger partial charge in [0.2, 0.25) is 0 Å². The summed E-state index contributed by atoms with van der Waals surface area (Å²) in [7, 11) is 1.58. The molecule has 1 aliphatic rings. The van der Waals surface area contributed by atoms with Crippen LogP contribution >= 0.6 is 0 Å². The Balaban J connectivity index is 1.89. The van der Waals surface area contributed by atoms with Crippen molar-refractivity contribution < 1.29 is 19.4 Å². The number of likely N-dealkylation sites (tertiary alicyclic amines) is 1. The number of aliphatic hydroxyl groups excluding tert-OH is 1. The lowest BCUT2D eigenvalue weighted by molar-refractivity contribution is -0.140. The second-order valence-corrected chi connectivity index (χ2v) is 7.56. The standard InChI is InChI=1S/C23H24N4O4/c1-14-7-5-10-26-15(2)18(25-22(14)26)20(28)17-19(16-8-4-9-24-13-16)27(11-6-12-31-3)23(30)21(17)29/h4-5,7-10,13,19,28H,6,11-12H2,1-3H3. The molecule has 4 heterocycles. The van der Waals surface area contributed by atoms with Gasteiger partial charge in [-0.2, -0.15) is 0 Å². The second kappa shape index (κ2) is 8.31. The molecule has 0 radical (unpaired) electrons. The summed E-state index contributed by atoms with van der Waals surface area (Å²) >= 11 is 0. The van der Waals surface area contributed by atoms with Crippen LogP contribution < -0.4 is 0 Å². The number of ketones is 1. The number of aromatic nitrogens is 3. The molecule has 0 aliphatic carbocycles. The molecule has 1 N–H and O–H groups in total. The number of methoxy groups -OCH3 is 1. The Morgan fingerprint density at radius 1 is 1.23 bits per heavy atom. The van der Waals surface area contributed by atoms with Crippen molar-refractivity contribution in [2.75, 3.05) is 20.3 Å². The van der Waals surface area contributed by atoms with Crippen LogP contribution in [0.3, 0.4) is 0 Å². The summed E-state index contributed by atoms with van der Waals surface area (Å²) in [5.41, 5.74) is 3.28. The van der Waals surface area contributed by atoms with E-state index in [0.29, 0.717) is 36.5 Å². The largest absolute Gasteiger partial charge is 0.505 e. The van der Waals surface area contributed by atoms with Crippen molar-refractivity contribution in [3.8, 4) is 0 Å². The van der Waals surface area contributed by atoms with Gasteiger partial charge in [-0.1, -0.05) is 12.1 Å². The van der Waals surface area contributed by atoms with E-state index in [0.717, 1.165) is 5.56 Å². The van der Waals surface area contributed by atoms with E-state index in [-0.39, 0.29) is 17.0 Å². The van der Waals surface area contributed by atoms with E-state index in [1.165, 1.54) is 4.90 Å². The molecule has 1 unspecified atom stereocenters. The first kappa shape index (κ1) is 20.7. The van der Waals surface area contributed by atoms with Crippen LogP contribution in [-0.2, 0) is 14.3 Å². The van der Waals surface area contributed by atoms with E-state index in [1.807, 2.05) is 36.6 Å². The summed E-state index contributed by atoms with van der Waals surface area (Å²) in [6.45, 7) is 4.52. The van der Waals surface area contributed by atoms with Gasteiger partial charge in [0.15, 0.2) is 5.76 Å². The SMILES string of the molecule is COCCCN1C(=O)C(=O)C(=C(O)c2nc3c(C)cccn3c2C)C1c1cccnc1. The molecule has 8 heteroatoms. The average molecular weight is 420 g/mol. The number of fused-ring (bicyclic) bond motifs is 1. The number of carbonyl (C=O) groups is 2. The Bertz CT molecular complexity index is 1180. The average Bonchev–Trinajstić information content (AvgIpc) is 3.24. The Morgan fingerprint density at radius 3 is 2.71 bits per heavy atom. The first-order chi connectivity index (χ1) is 15.0. The number of amides is 1. The molecule has 0 bridgehead atoms. The number of aliphatic hydroxyl groups is 1. The lowest BCUT2D eigenvalue weighted by atomic mass is 9.97. The van der Waals surface area contributed by atoms with Gasteiger partial charge in [0.1, 0.15) is 11.3 Å². The molecular weight excluding hydrogens is 396 g/mol. The number of Topliss-reactive ketones (excluding diaryl/α,β-unsaturated/α-hetero) is 1. The Morgan fingerprint density at radius 2 is 2.03 bits per heavy atom. The van der Waals surface area contributed by atoms with Gasteiger partial charge in [-0.15, -0.1) is 0 Å². The minimum Gasteiger partial charge on any atom is -0.505 e. The van der Waals surface area contributed by atoms with Gasteiger partial charge in [-0.25, -0.2) is 4.98 Å². The van der Waals surface area contributed by atoms with Gasteiger partial charge in [-0.3, -0.25) is 14.6 Å². The van der Waals surface area contributed by atoms with E-state index >= 15 is 0 Å². The highest BCUT2D eigenvalue weighted by atomic mass is 16.5. The Labute approximate surface area is 179 Å². The number of carbonyl (C=O) groups excluding carboxylic acids is 2. The molecule has 0 spiro atoms. The molecular formula is C23H24N4O4. The van der Waals surface area contributed by atoms with E-state index in [4.69, 9.17) is 4.74 Å². The van der Waals surface area contributed by atoms with Crippen molar-refractivity contribution >= 4 is 23.1 Å². The van der Waals surface area contributed by atoms with Crippen LogP contribution in [0.15, 0.2) is 48.4 Å². The highest BCUT2D eigenvalue weighted by Crippen LogP contribution is 2.39. The molecule has 1 aliphatic heterocycles. The molecule has 8 nitrogen and oxygen atoms in total. The molecule has 1 atom stereocenters. The molecule has 1 amide bonds. The minimum absolute atomic E-state index is 0.0274. The summed E-state index contributed by atoms with van der Waals surface area (Å²) in [5, 5.41) is 11.3. The summed E-state index contributed by atoms with van der Waals surface area (Å²) in [5.74, 6) is -1.65. The zero-order valence-electron chi connectivity index (χ0n) is 17.7. The maximum atomic E-state index is 13.0. The Hall–Kier alpha value is -3.52. The van der Waals surface area contributed by atoms with E-state index < -0.39 is 17.7 Å². The molecule has 3 aromatic heterocycles. The van der Waals surface area contributed by atoms with Crippen molar-refractivity contribution in [2.24, 2.45) is 0 Å². The fourth-order valence-electron chi connectivity index (χ4n) is 4.05. The monoisotopic (exact) mass is 420 g/mol. The third-order valence-corrected chi connectivity index (χ3v) is 5.60. The van der Waals surface area contributed by atoms with Crippen molar-refractivity contribution in [1.29, 1.82) is 0 Å². The number of pyridine rings is 2. The topological polar surface area (TPSA) is 97.0 Å². The maximum Gasteiger partial charge on any atom is 0.295 e. The summed E-state index contributed by atoms with van der Waals surface area (Å²) in [4.78, 5) is 36.1. The third-order valence-electron chi connectivity index (χ3n) is 5.60. The van der Waals surface area contributed by atoms with E-state index in [9.17, 15) is 14.7 Å². The number of hydrogen-bond acceptors (Lipinski definition) is 6. The molecule has 160 valence electrons. The van der Waals surface area contributed by atoms with Gasteiger partial charge in [0, 0.05) is 38.9 Å². The number of rotatable bonds is 6. The van der Waals surface area contributed by atoms with E-state index in [1.54, 1.807) is 31.6 Å². The number of ether oxygens (including phenoxy) is 1. The molecule has 3 aromatic rings. The summed E-state index contributed by atoms with van der Waals surface area (Å²) in [6, 6.07) is 6.61. The molecule has 4 rings (SSSR count). The summed E-state index contributed by atoms with van der Waals surface area (Å²) < 4.78 is 6.96. The second-order valence-electron chi connectivity index (χ2n) is 7.56. The molecule has 1 saturated heterocycles. The van der Waals surface area contributed by atoms with Gasteiger partial charge in [0.25, 0.3) is 11.7 Å². The summed E-state index contributed by atoms with van der Waals surface area (Å²) in [6.07, 6.45) is 5.64. The van der Waals surface area contributed by atoms with Gasteiger partial charge >= 0.3 is 0 Å². The zero-order chi connectivity index (χ0) is 22.1. The zero-order valence-corrected chi connectivity index (χ0v) is 17.7. The molecule has 31 heavy (non-hydrogen) atoms. The van der Waals surface area contributed by atoms with Gasteiger partial charge in [-0.05, 0) is 43.5 Å². The quantitative estimate of drug-likeness (QED) is 0.285. The molecule has 0 aromatic carbocycles. The van der Waals surface area contributed by atoms with Crippen LogP contribution in [0.25, 0.3) is 11.4 Å². The Kier molecular flexibility index (Phi) is 5.56. The van der Waals surface area contributed by atoms with Crippen LogP contribution in [-0.4, -0.2) is 56.3 Å². The minimum atomic E-state index is -0.740. The first-order valence-electron chi connectivity index (χ1n) is 10.1. The predicted molar refractivity (Wildman–Crippen MR) is 114 cm³/mol. The number of imidazole rings is 1. The predicted octanol–water partition coefficient (Wildman–Crippen LogP) is 2.80. The molecule has 0 saturated carbocycles. The fourth-order valence-corrected chi connectivity index (χ4v) is 4.05. The smallest absolute Gasteiger partial charge is 0.295 e. The van der Waals surface area contributed by atoms with Crippen LogP contribution in [0.4, 0.5) is 0 Å². The van der Waals surface area contributed by atoms with Crippen LogP contribution in [0, 0.1) is 13.8 Å². The van der Waals surface area contributed by atoms with Crippen LogP contribution in [0.5, 0.6) is 0 Å². The highest BCUT2D eigenvalue weighted by molar-refractivity contribution is 6.46. The fraction of sp³-hybridized carbons (Fsp3) is 0.304. The van der Waals surface area contributed by atoms with Crippen LogP contribution in [0.1, 0.15) is 35.0 Å². The number of hydrogen-bond donors (Lipinski definition) is 1. The highest BCUT2D eigenvalue weighted by Gasteiger charge is 2.46. The normalized spacial score (nSPS) is 18.3. The molecule has 1 fully saturated rings. The van der Waals surface area contributed by atoms with E-state index in [2.05, 4.69) is 9.97 Å². The maximum absolute atomic E-state index is 13.0. The lowest BCUT2D eigenvalue weighted by Gasteiger charge is -2.24. The van der Waals surface area contributed by atoms with Gasteiger partial charge in [0.05, 0.1) is 17.3 Å². The van der Waals surface area contributed by atoms with Crippen molar-refractivity contribution in [3.05, 3.63) is 70.9 Å². The van der Waals surface area contributed by atoms with Crippen molar-refractivity contribution in [3.63, 3.8) is 0 Å². The third kappa shape index (κ3) is 3.48. The number of aryl methyl sites for hydroxylation is 2. The van der Waals surface area contributed by atoms with Crippen LogP contribution in [0.2, 0.25) is 0 Å². The first-order valence-corrected chi connectivity index (χ1v) is 10.1. The van der Waals surface area contributed by atoms with Crippen molar-refractivity contribution in [1.82, 2.24) is 19.3 Å². The van der Waals surface area contributed by atoms with Crippen molar-refractivity contribution in [2.45, 2.75) is 26.3 Å².